The van der Waals surface area contributed by atoms with E-state index < -0.39 is 0 Å². The van der Waals surface area contributed by atoms with Crippen molar-refractivity contribution in [2.24, 2.45) is 4.99 Å². The summed E-state index contributed by atoms with van der Waals surface area (Å²) in [5, 5.41) is 7.51. The molecule has 1 atom stereocenters. The quantitative estimate of drug-likeness (QED) is 0.414. The van der Waals surface area contributed by atoms with Crippen LogP contribution in [0.15, 0.2) is 35.3 Å². The Morgan fingerprint density at radius 3 is 2.87 bits per heavy atom. The van der Waals surface area contributed by atoms with Crippen LogP contribution in [0, 0.1) is 0 Å². The van der Waals surface area contributed by atoms with Crippen molar-refractivity contribution in [3.8, 4) is 0 Å². The van der Waals surface area contributed by atoms with Gasteiger partial charge in [-0.25, -0.2) is 0 Å². The monoisotopic (exact) mass is 335 g/mol. The third kappa shape index (κ3) is 7.75. The molecule has 23 heavy (non-hydrogen) atoms. The molecule has 1 aromatic rings. The number of guanidine groups is 1. The molecule has 0 bridgehead atoms. The summed E-state index contributed by atoms with van der Waals surface area (Å²) in [5.41, 5.74) is 1.33. The van der Waals surface area contributed by atoms with E-state index in [0.717, 1.165) is 50.4 Å². The summed E-state index contributed by atoms with van der Waals surface area (Å²) >= 11 is 2.07. The maximum atomic E-state index is 5.69. The molecule has 2 N–H and O–H groups in total. The molecule has 128 valence electrons. The molecule has 0 aromatic heterocycles. The summed E-state index contributed by atoms with van der Waals surface area (Å²) in [6, 6.07) is 10.5. The Bertz CT molecular complexity index is 447. The molecule has 2 rings (SSSR count). The molecular weight excluding hydrogens is 306 g/mol. The van der Waals surface area contributed by atoms with Gasteiger partial charge in [0.15, 0.2) is 5.96 Å². The third-order valence-electron chi connectivity index (χ3n) is 3.88. The van der Waals surface area contributed by atoms with Gasteiger partial charge in [0, 0.05) is 32.0 Å². The number of hydrogen-bond acceptors (Lipinski definition) is 3. The van der Waals surface area contributed by atoms with Crippen LogP contribution >= 0.6 is 11.8 Å². The van der Waals surface area contributed by atoms with Crippen molar-refractivity contribution >= 4 is 17.7 Å². The summed E-state index contributed by atoms with van der Waals surface area (Å²) in [6.45, 7) is 3.48. The number of benzene rings is 1. The van der Waals surface area contributed by atoms with E-state index in [1.54, 1.807) is 0 Å². The third-order valence-corrected chi connectivity index (χ3v) is 5.28. The fourth-order valence-corrected chi connectivity index (χ4v) is 3.76. The van der Waals surface area contributed by atoms with Gasteiger partial charge in [0.25, 0.3) is 0 Å². The van der Waals surface area contributed by atoms with Gasteiger partial charge in [-0.05, 0) is 37.0 Å². The van der Waals surface area contributed by atoms with Crippen LogP contribution in [-0.2, 0) is 11.2 Å². The number of rotatable bonds is 9. The summed E-state index contributed by atoms with van der Waals surface area (Å²) in [5.74, 6) is 2.21. The van der Waals surface area contributed by atoms with Crippen LogP contribution < -0.4 is 10.6 Å². The minimum Gasteiger partial charge on any atom is -0.381 e. The van der Waals surface area contributed by atoms with Crippen molar-refractivity contribution in [2.45, 2.75) is 30.9 Å². The Hall–Kier alpha value is -1.20. The lowest BCUT2D eigenvalue weighted by atomic mass is 10.2. The Balaban J connectivity index is 1.45. The minimum absolute atomic E-state index is 0.745. The van der Waals surface area contributed by atoms with Crippen molar-refractivity contribution < 1.29 is 4.74 Å². The molecule has 1 aliphatic rings. The van der Waals surface area contributed by atoms with Crippen LogP contribution in [-0.4, -0.2) is 50.3 Å². The highest BCUT2D eigenvalue weighted by molar-refractivity contribution is 8.00. The molecule has 0 amide bonds. The minimum atomic E-state index is 0.745. The maximum absolute atomic E-state index is 5.69. The second kappa shape index (κ2) is 11.4. The smallest absolute Gasteiger partial charge is 0.191 e. The average Bonchev–Trinajstić information content (AvgIpc) is 3.11. The average molecular weight is 336 g/mol. The van der Waals surface area contributed by atoms with E-state index in [1.807, 2.05) is 13.1 Å². The molecule has 0 spiro atoms. The number of thioether (sulfide) groups is 1. The molecule has 1 aromatic carbocycles. The van der Waals surface area contributed by atoms with Gasteiger partial charge in [0.05, 0.1) is 6.61 Å². The van der Waals surface area contributed by atoms with E-state index in [9.17, 15) is 0 Å². The highest BCUT2D eigenvalue weighted by Crippen LogP contribution is 2.25. The molecule has 1 aliphatic heterocycles. The molecule has 0 radical (unpaired) electrons. The number of nitrogens with zero attached hydrogens (tertiary/aromatic N) is 1. The van der Waals surface area contributed by atoms with Gasteiger partial charge in [-0.3, -0.25) is 4.99 Å². The first-order chi connectivity index (χ1) is 11.4. The van der Waals surface area contributed by atoms with Crippen molar-refractivity contribution in [1.82, 2.24) is 10.6 Å². The van der Waals surface area contributed by atoms with E-state index in [2.05, 4.69) is 51.7 Å². The molecule has 1 unspecified atom stereocenters. The summed E-state index contributed by atoms with van der Waals surface area (Å²) < 4.78 is 5.69. The Labute approximate surface area is 144 Å². The number of hydrogen-bond donors (Lipinski definition) is 2. The van der Waals surface area contributed by atoms with Gasteiger partial charge < -0.3 is 15.4 Å². The topological polar surface area (TPSA) is 45.7 Å². The predicted molar refractivity (Wildman–Crippen MR) is 100 cm³/mol. The predicted octanol–water partition coefficient (Wildman–Crippen LogP) is 2.70. The van der Waals surface area contributed by atoms with Crippen molar-refractivity contribution in [3.63, 3.8) is 0 Å². The highest BCUT2D eigenvalue weighted by Gasteiger charge is 2.15. The second-order valence-corrected chi connectivity index (χ2v) is 7.12. The van der Waals surface area contributed by atoms with Gasteiger partial charge in [-0.15, -0.1) is 0 Å². The molecular formula is C18H29N3OS. The fraction of sp³-hybridized carbons (Fsp3) is 0.611. The molecule has 1 saturated heterocycles. The van der Waals surface area contributed by atoms with Crippen LogP contribution in [0.2, 0.25) is 0 Å². The van der Waals surface area contributed by atoms with E-state index in [4.69, 9.17) is 4.74 Å². The van der Waals surface area contributed by atoms with Crippen molar-refractivity contribution in [1.29, 1.82) is 0 Å². The first-order valence-electron chi connectivity index (χ1n) is 8.56. The Kier molecular flexibility index (Phi) is 8.96. The summed E-state index contributed by atoms with van der Waals surface area (Å²) in [4.78, 5) is 4.27. The largest absolute Gasteiger partial charge is 0.381 e. The summed E-state index contributed by atoms with van der Waals surface area (Å²) in [6.07, 6.45) is 4.65. The van der Waals surface area contributed by atoms with E-state index in [1.165, 1.54) is 24.2 Å². The van der Waals surface area contributed by atoms with E-state index in [0.29, 0.717) is 0 Å². The maximum Gasteiger partial charge on any atom is 0.191 e. The number of ether oxygens (including phenoxy) is 1. The van der Waals surface area contributed by atoms with E-state index in [-0.39, 0.29) is 0 Å². The summed E-state index contributed by atoms with van der Waals surface area (Å²) in [7, 11) is 1.83. The number of nitrogens with one attached hydrogen (secondary N) is 2. The first kappa shape index (κ1) is 18.1. The highest BCUT2D eigenvalue weighted by atomic mass is 32.2. The zero-order valence-corrected chi connectivity index (χ0v) is 14.9. The Morgan fingerprint density at radius 2 is 2.13 bits per heavy atom. The van der Waals surface area contributed by atoms with Gasteiger partial charge >= 0.3 is 0 Å². The van der Waals surface area contributed by atoms with Crippen LogP contribution in [0.1, 0.15) is 24.8 Å². The van der Waals surface area contributed by atoms with Crippen molar-refractivity contribution in [3.05, 3.63) is 35.9 Å². The SMILES string of the molecule is CN=C(NCCCOCCc1ccccc1)NCC1CCCS1. The van der Waals surface area contributed by atoms with Crippen LogP contribution in [0.4, 0.5) is 0 Å². The molecule has 0 aliphatic carbocycles. The normalized spacial score (nSPS) is 18.1. The lowest BCUT2D eigenvalue weighted by Crippen LogP contribution is -2.40. The fourth-order valence-electron chi connectivity index (χ4n) is 2.55. The Morgan fingerprint density at radius 1 is 1.26 bits per heavy atom. The standard InChI is InChI=1S/C18H29N3OS/c1-19-18(21-15-17-9-5-14-23-17)20-11-6-12-22-13-10-16-7-3-2-4-8-16/h2-4,7-8,17H,5-6,9-15H2,1H3,(H2,19,20,21). The van der Waals surface area contributed by atoms with Gasteiger partial charge in [0.1, 0.15) is 0 Å². The molecule has 4 nitrogen and oxygen atoms in total. The number of aliphatic imine (C=N–C) groups is 1. The van der Waals surface area contributed by atoms with Crippen LogP contribution in [0.3, 0.4) is 0 Å². The molecule has 1 heterocycles. The van der Waals surface area contributed by atoms with Crippen LogP contribution in [0.5, 0.6) is 0 Å². The lowest BCUT2D eigenvalue weighted by Gasteiger charge is -2.14. The lowest BCUT2D eigenvalue weighted by molar-refractivity contribution is 0.135. The molecule has 5 heteroatoms. The van der Waals surface area contributed by atoms with Crippen molar-refractivity contribution in [2.75, 3.05) is 39.1 Å². The second-order valence-electron chi connectivity index (χ2n) is 5.72. The molecule has 0 saturated carbocycles. The van der Waals surface area contributed by atoms with Gasteiger partial charge in [-0.2, -0.15) is 11.8 Å². The molecule has 1 fully saturated rings. The van der Waals surface area contributed by atoms with Gasteiger partial charge in [-0.1, -0.05) is 30.3 Å². The zero-order chi connectivity index (χ0) is 16.2. The zero-order valence-electron chi connectivity index (χ0n) is 14.1. The van der Waals surface area contributed by atoms with Crippen LogP contribution in [0.25, 0.3) is 0 Å². The van der Waals surface area contributed by atoms with Gasteiger partial charge in [0.2, 0.25) is 0 Å². The van der Waals surface area contributed by atoms with E-state index >= 15 is 0 Å². The first-order valence-corrected chi connectivity index (χ1v) is 9.61.